The summed E-state index contributed by atoms with van der Waals surface area (Å²) in [5, 5.41) is 21.7. The Morgan fingerprint density at radius 2 is 1.60 bits per heavy atom. The second-order valence-electron chi connectivity index (χ2n) is 6.82. The Morgan fingerprint density at radius 1 is 0.943 bits per heavy atom. The number of nitrogens with one attached hydrogen (secondary N) is 4. The normalized spacial score (nSPS) is 10.1. The molecule has 14 heteroatoms. The van der Waals surface area contributed by atoms with Crippen LogP contribution >= 0.6 is 11.6 Å². The molecule has 0 unspecified atom stereocenters. The first-order valence-corrected chi connectivity index (χ1v) is 9.90. The van der Waals surface area contributed by atoms with Crippen LogP contribution in [0.15, 0.2) is 42.5 Å². The van der Waals surface area contributed by atoms with Crippen molar-refractivity contribution in [1.29, 1.82) is 0 Å². The number of carbonyl (C=O) groups is 4. The van der Waals surface area contributed by atoms with Crippen molar-refractivity contribution in [3.8, 4) is 0 Å². The van der Waals surface area contributed by atoms with Crippen LogP contribution in [0.25, 0.3) is 0 Å². The molecule has 0 bridgehead atoms. The van der Waals surface area contributed by atoms with Gasteiger partial charge in [0.05, 0.1) is 10.6 Å². The van der Waals surface area contributed by atoms with Crippen LogP contribution < -0.4 is 16.0 Å². The summed E-state index contributed by atoms with van der Waals surface area (Å²) in [4.78, 5) is 46.9. The number of aliphatic carboxylic acids is 1. The maximum atomic E-state index is 13.4. The van der Waals surface area contributed by atoms with Crippen molar-refractivity contribution in [2.24, 2.45) is 0 Å². The zero-order valence-corrected chi connectivity index (χ0v) is 17.9. The first-order valence-electron chi connectivity index (χ1n) is 9.52. The number of rotatable bonds is 8. The van der Waals surface area contributed by atoms with Gasteiger partial charge >= 0.3 is 35.5 Å². The number of carboxylic acid groups (broad SMARTS) is 1. The Morgan fingerprint density at radius 3 is 2.26 bits per heavy atom. The van der Waals surface area contributed by atoms with E-state index in [0.29, 0.717) is 17.7 Å². The minimum absolute atomic E-state index is 0. The van der Waals surface area contributed by atoms with Crippen molar-refractivity contribution in [2.45, 2.75) is 6.54 Å². The third-order valence-corrected chi connectivity index (χ3v) is 4.70. The number of amides is 3. The molecule has 0 atom stereocenters. The summed E-state index contributed by atoms with van der Waals surface area (Å²) in [5.74, 6) is -5.55. The van der Waals surface area contributed by atoms with E-state index < -0.39 is 41.9 Å². The fourth-order valence-corrected chi connectivity index (χ4v) is 2.93. The van der Waals surface area contributed by atoms with E-state index >= 15 is 0 Å². The topological polar surface area (TPSA) is 153 Å². The molecule has 0 saturated carbocycles. The van der Waals surface area contributed by atoms with Gasteiger partial charge in [-0.3, -0.25) is 24.3 Å². The molecule has 5 N–H and O–H groups in total. The zero-order chi connectivity index (χ0) is 24.8. The van der Waals surface area contributed by atoms with Crippen LogP contribution in [0.4, 0.5) is 14.6 Å². The van der Waals surface area contributed by atoms with E-state index in [2.05, 4.69) is 26.1 Å². The van der Waals surface area contributed by atoms with E-state index in [4.69, 9.17) is 16.7 Å². The zero-order valence-electron chi connectivity index (χ0n) is 17.1. The number of aromatic amines is 1. The summed E-state index contributed by atoms with van der Waals surface area (Å²) in [6.45, 7) is -0.411. The molecule has 1 aromatic heterocycles. The number of hydrogen-bond acceptors (Lipinski definition) is 5. The Hall–Kier alpha value is -3.32. The first-order chi connectivity index (χ1) is 16.1. The molecule has 0 spiro atoms. The molecular weight excluding hydrogens is 499 g/mol. The number of carboxylic acids is 1. The molecule has 0 aliphatic carbocycles. The number of anilines is 1. The fourth-order valence-electron chi connectivity index (χ4n) is 2.69. The molecule has 0 aliphatic rings. The molecule has 178 valence electrons. The van der Waals surface area contributed by atoms with Crippen molar-refractivity contribution < 1.29 is 33.1 Å². The van der Waals surface area contributed by atoms with Crippen molar-refractivity contribution in [2.75, 3.05) is 11.9 Å². The van der Waals surface area contributed by atoms with Crippen LogP contribution in [0.1, 0.15) is 36.8 Å². The van der Waals surface area contributed by atoms with Crippen LogP contribution in [-0.4, -0.2) is 75.1 Å². The average Bonchev–Trinajstić information content (AvgIpc) is 3.27. The molecule has 35 heavy (non-hydrogen) atoms. The summed E-state index contributed by atoms with van der Waals surface area (Å²) in [6, 6.07) is 8.67. The number of hydrogen-bond donors (Lipinski definition) is 5. The Labute approximate surface area is 223 Å². The van der Waals surface area contributed by atoms with E-state index in [0.717, 1.165) is 0 Å². The van der Waals surface area contributed by atoms with E-state index in [1.165, 1.54) is 18.2 Å². The van der Waals surface area contributed by atoms with Gasteiger partial charge in [0.15, 0.2) is 17.3 Å². The second-order valence-corrected chi connectivity index (χ2v) is 7.23. The molecule has 1 heterocycles. The van der Waals surface area contributed by atoms with Crippen molar-refractivity contribution >= 4 is 70.7 Å². The molecule has 0 fully saturated rings. The van der Waals surface area contributed by atoms with Crippen LogP contribution in [0, 0.1) is 11.6 Å². The summed E-state index contributed by atoms with van der Waals surface area (Å²) in [5.41, 5.74) is 0.544. The van der Waals surface area contributed by atoms with Crippen LogP contribution in [0.5, 0.6) is 0 Å². The van der Waals surface area contributed by atoms with Gasteiger partial charge in [-0.25, -0.2) is 8.78 Å². The van der Waals surface area contributed by atoms with Gasteiger partial charge in [0, 0.05) is 18.2 Å². The Balaban J connectivity index is 0.00000432. The first kappa shape index (κ1) is 27.9. The quantitative estimate of drug-likeness (QED) is 0.227. The van der Waals surface area contributed by atoms with Gasteiger partial charge in [-0.2, -0.15) is 5.10 Å². The summed E-state index contributed by atoms with van der Waals surface area (Å²) in [7, 11) is 0. The van der Waals surface area contributed by atoms with Crippen molar-refractivity contribution in [3.05, 3.63) is 81.5 Å². The maximum absolute atomic E-state index is 13.4. The predicted molar refractivity (Wildman–Crippen MR) is 123 cm³/mol. The molecular formula is C21H17ClF2N5NaO5. The second kappa shape index (κ2) is 12.4. The van der Waals surface area contributed by atoms with Gasteiger partial charge in [0.2, 0.25) is 0 Å². The summed E-state index contributed by atoms with van der Waals surface area (Å²) in [6.07, 6.45) is 0. The molecule has 3 rings (SSSR count). The Bertz CT molecular complexity index is 1270. The molecule has 3 amide bonds. The van der Waals surface area contributed by atoms with E-state index in [9.17, 15) is 28.0 Å². The number of nitrogens with zero attached hydrogens (tertiary/aromatic N) is 1. The number of aromatic nitrogens is 2. The molecule has 0 aliphatic heterocycles. The molecule has 0 radical (unpaired) electrons. The van der Waals surface area contributed by atoms with Crippen molar-refractivity contribution in [3.63, 3.8) is 0 Å². The number of halogens is 3. The summed E-state index contributed by atoms with van der Waals surface area (Å²) < 4.78 is 26.6. The number of H-pyrrole nitrogens is 1. The minimum atomic E-state index is -1.24. The molecule has 2 aromatic carbocycles. The van der Waals surface area contributed by atoms with E-state index in [1.54, 1.807) is 12.1 Å². The molecule has 0 saturated heterocycles. The van der Waals surface area contributed by atoms with Gasteiger partial charge in [0.1, 0.15) is 12.4 Å². The third-order valence-electron chi connectivity index (χ3n) is 4.38. The van der Waals surface area contributed by atoms with Crippen LogP contribution in [0.3, 0.4) is 0 Å². The van der Waals surface area contributed by atoms with Gasteiger partial charge in [-0.05, 0) is 29.8 Å². The number of benzene rings is 2. The third kappa shape index (κ3) is 7.59. The van der Waals surface area contributed by atoms with Crippen LogP contribution in [0.2, 0.25) is 5.02 Å². The fraction of sp³-hybridized carbons (Fsp3) is 0.0952. The van der Waals surface area contributed by atoms with Gasteiger partial charge in [0.25, 0.3) is 17.7 Å². The standard InChI is InChI=1S/C21H16ClF2N5O5.Na.H/c22-13-6-15(24)14(23)5-12(13)20(33)27-17-7-16(28-29-17)21(34)25-8-10-1-3-11(4-2-10)19(32)26-9-18(30)31;;/h1-7H,8-9H2,(H,25,34)(H,26,32)(H,30,31)(H2,27,28,29,33);;. The van der Waals surface area contributed by atoms with Gasteiger partial charge in [-0.15, -0.1) is 0 Å². The van der Waals surface area contributed by atoms with Gasteiger partial charge < -0.3 is 21.1 Å². The van der Waals surface area contributed by atoms with E-state index in [1.807, 2.05) is 0 Å². The molecule has 3 aromatic rings. The van der Waals surface area contributed by atoms with Gasteiger partial charge in [-0.1, -0.05) is 23.7 Å². The predicted octanol–water partition coefficient (Wildman–Crippen LogP) is 1.69. The van der Waals surface area contributed by atoms with Crippen LogP contribution in [-0.2, 0) is 11.3 Å². The molecule has 10 nitrogen and oxygen atoms in total. The Kier molecular flexibility index (Phi) is 9.89. The summed E-state index contributed by atoms with van der Waals surface area (Å²) >= 11 is 5.77. The van der Waals surface area contributed by atoms with Crippen molar-refractivity contribution in [1.82, 2.24) is 20.8 Å². The monoisotopic (exact) mass is 515 g/mol. The average molecular weight is 516 g/mol. The SMILES string of the molecule is O=C(O)CNC(=O)c1ccc(CNC(=O)c2cc(NC(=O)c3cc(F)c(F)cc3Cl)[nH]n2)cc1.[NaH]. The number of carbonyl (C=O) groups excluding carboxylic acids is 3. The van der Waals surface area contributed by atoms with E-state index in [-0.39, 0.29) is 63.8 Å².